The van der Waals surface area contributed by atoms with Crippen LogP contribution in [0.2, 0.25) is 0 Å². The Kier molecular flexibility index (Phi) is 4.67. The molecule has 3 aromatic rings. The van der Waals surface area contributed by atoms with Gasteiger partial charge in [0.15, 0.2) is 17.7 Å². The van der Waals surface area contributed by atoms with Gasteiger partial charge in [-0.05, 0) is 31.2 Å². The molecule has 0 fully saturated rings. The van der Waals surface area contributed by atoms with E-state index < -0.39 is 23.6 Å². The van der Waals surface area contributed by atoms with E-state index in [0.717, 1.165) is 6.07 Å². The summed E-state index contributed by atoms with van der Waals surface area (Å²) in [5.74, 6) is -1.99. The molecule has 2 aromatic carbocycles. The predicted octanol–water partition coefficient (Wildman–Crippen LogP) is 3.74. The van der Waals surface area contributed by atoms with Crippen LogP contribution in [0.5, 0.6) is 0 Å². The van der Waals surface area contributed by atoms with E-state index in [1.54, 1.807) is 24.3 Å². The van der Waals surface area contributed by atoms with Crippen molar-refractivity contribution < 1.29 is 19.0 Å². The van der Waals surface area contributed by atoms with E-state index in [1.165, 1.54) is 25.1 Å². The minimum absolute atomic E-state index is 0.153. The average molecular weight is 351 g/mol. The van der Waals surface area contributed by atoms with Gasteiger partial charge in [0.05, 0.1) is 16.6 Å². The number of nitriles is 1. The number of fused-ring (bicyclic) bond motifs is 1. The number of nitrogens with zero attached hydrogens (tertiary/aromatic N) is 2. The third kappa shape index (κ3) is 3.26. The van der Waals surface area contributed by atoms with E-state index in [9.17, 15) is 19.6 Å². The van der Waals surface area contributed by atoms with Gasteiger partial charge in [-0.1, -0.05) is 24.3 Å². The molecule has 26 heavy (non-hydrogen) atoms. The summed E-state index contributed by atoms with van der Waals surface area (Å²) in [6, 6.07) is 14.3. The number of ether oxygens (including phenoxy) is 1. The number of halogens is 1. The number of nitrogens with one attached hydrogen (secondary N) is 1. The Morgan fingerprint density at radius 2 is 1.96 bits per heavy atom. The highest BCUT2D eigenvalue weighted by Crippen LogP contribution is 2.22. The summed E-state index contributed by atoms with van der Waals surface area (Å²) in [6.45, 7) is 1.38. The number of imidazole rings is 1. The molecule has 1 heterocycles. The summed E-state index contributed by atoms with van der Waals surface area (Å²) in [6.07, 6.45) is -1.16. The Hall–Kier alpha value is -3.66. The smallest absolute Gasteiger partial charge is 0.341 e. The molecule has 0 unspecified atom stereocenters. The highest BCUT2D eigenvalue weighted by molar-refractivity contribution is 5.90. The number of hydrogen-bond donors (Lipinski definition) is 2. The van der Waals surface area contributed by atoms with Crippen LogP contribution in [0.4, 0.5) is 4.39 Å². The van der Waals surface area contributed by atoms with E-state index >= 15 is 0 Å². The summed E-state index contributed by atoms with van der Waals surface area (Å²) in [4.78, 5) is 19.2. The van der Waals surface area contributed by atoms with Gasteiger partial charge in [0.25, 0.3) is 0 Å². The lowest BCUT2D eigenvalue weighted by molar-refractivity contribution is 0.0329. The highest BCUT2D eigenvalue weighted by atomic mass is 19.1. The van der Waals surface area contributed by atoms with Crippen LogP contribution in [0.15, 0.2) is 54.3 Å². The number of aliphatic hydroxyl groups excluding tert-OH is 1. The minimum Gasteiger partial charge on any atom is -0.507 e. The van der Waals surface area contributed by atoms with Gasteiger partial charge >= 0.3 is 5.97 Å². The summed E-state index contributed by atoms with van der Waals surface area (Å²) >= 11 is 0. The molecular weight excluding hydrogens is 337 g/mol. The Morgan fingerprint density at radius 3 is 2.65 bits per heavy atom. The van der Waals surface area contributed by atoms with Crippen molar-refractivity contribution >= 4 is 22.6 Å². The summed E-state index contributed by atoms with van der Waals surface area (Å²) in [7, 11) is 0. The number of H-pyrrole nitrogens is 1. The molecule has 1 atom stereocenters. The summed E-state index contributed by atoms with van der Waals surface area (Å²) in [5, 5.41) is 19.7. The van der Waals surface area contributed by atoms with Gasteiger partial charge < -0.3 is 14.8 Å². The normalized spacial score (nSPS) is 13.0. The molecule has 2 N–H and O–H groups in total. The Morgan fingerprint density at radius 1 is 1.27 bits per heavy atom. The molecule has 1 aromatic heterocycles. The lowest BCUT2D eigenvalue weighted by Crippen LogP contribution is -2.19. The molecule has 6 nitrogen and oxygen atoms in total. The van der Waals surface area contributed by atoms with E-state index in [0.29, 0.717) is 11.0 Å². The molecule has 0 radical (unpaired) electrons. The molecule has 0 spiro atoms. The molecular formula is C19H14FN3O3. The molecule has 3 rings (SSSR count). The van der Waals surface area contributed by atoms with Crippen LogP contribution in [0.3, 0.4) is 0 Å². The molecule has 0 saturated carbocycles. The molecule has 0 saturated heterocycles. The number of aromatic nitrogens is 2. The lowest BCUT2D eigenvalue weighted by Gasteiger charge is -2.14. The fourth-order valence-corrected chi connectivity index (χ4v) is 2.41. The number of rotatable bonds is 4. The zero-order valence-electron chi connectivity index (χ0n) is 13.7. The van der Waals surface area contributed by atoms with E-state index in [1.807, 2.05) is 6.07 Å². The number of hydrogen-bond acceptors (Lipinski definition) is 5. The van der Waals surface area contributed by atoms with Crippen LogP contribution >= 0.6 is 0 Å². The molecule has 0 aliphatic heterocycles. The second-order valence-electron chi connectivity index (χ2n) is 5.50. The Balaban J connectivity index is 1.89. The first kappa shape index (κ1) is 17.2. The zero-order valence-corrected chi connectivity index (χ0v) is 13.7. The van der Waals surface area contributed by atoms with Crippen LogP contribution in [-0.2, 0) is 4.74 Å². The quantitative estimate of drug-likeness (QED) is 0.424. The topological polar surface area (TPSA) is 99.0 Å². The van der Waals surface area contributed by atoms with Crippen molar-refractivity contribution in [3.63, 3.8) is 0 Å². The van der Waals surface area contributed by atoms with Gasteiger partial charge in [0, 0.05) is 0 Å². The van der Waals surface area contributed by atoms with Crippen molar-refractivity contribution in [3.8, 4) is 6.07 Å². The van der Waals surface area contributed by atoms with Crippen molar-refractivity contribution in [1.82, 2.24) is 9.97 Å². The molecule has 0 aliphatic carbocycles. The molecule has 0 amide bonds. The Labute approximate surface area is 148 Å². The van der Waals surface area contributed by atoms with Gasteiger partial charge in [0.2, 0.25) is 0 Å². The van der Waals surface area contributed by atoms with Crippen molar-refractivity contribution in [2.24, 2.45) is 0 Å². The maximum atomic E-state index is 13.7. The van der Waals surface area contributed by atoms with Crippen molar-refractivity contribution in [3.05, 3.63) is 71.5 Å². The van der Waals surface area contributed by atoms with Gasteiger partial charge in [-0.25, -0.2) is 14.2 Å². The molecule has 130 valence electrons. The maximum Gasteiger partial charge on any atom is 0.341 e. The summed E-state index contributed by atoms with van der Waals surface area (Å²) in [5.41, 5.74) is 0.905. The summed E-state index contributed by atoms with van der Waals surface area (Å²) < 4.78 is 18.7. The number of carbonyl (C=O) groups excluding carboxylic acids is 1. The monoisotopic (exact) mass is 351 g/mol. The predicted molar refractivity (Wildman–Crippen MR) is 92.5 cm³/mol. The van der Waals surface area contributed by atoms with Crippen molar-refractivity contribution in [1.29, 1.82) is 5.26 Å². The van der Waals surface area contributed by atoms with E-state index in [-0.39, 0.29) is 17.0 Å². The first-order valence-electron chi connectivity index (χ1n) is 7.75. The van der Waals surface area contributed by atoms with Crippen LogP contribution in [0, 0.1) is 17.1 Å². The number of aliphatic hydroxyl groups is 1. The second kappa shape index (κ2) is 7.07. The maximum absolute atomic E-state index is 13.7. The third-order valence-electron chi connectivity index (χ3n) is 3.76. The van der Waals surface area contributed by atoms with Crippen molar-refractivity contribution in [2.75, 3.05) is 0 Å². The number of benzene rings is 2. The number of esters is 1. The number of carbonyl (C=O) groups is 1. The standard InChI is InChI=1S/C19H14FN3O3/c1-11(26-19(25)12-6-2-3-7-14(12)20)17(24)13(10-21)18-22-15-8-4-5-9-16(15)23-18/h2-9,11,24H,1H3,(H,22,23)/b17-13-/t11-/m0/s1. The van der Waals surface area contributed by atoms with Crippen LogP contribution < -0.4 is 0 Å². The Bertz CT molecular complexity index is 1020. The number of allylic oxidation sites excluding steroid dienone is 1. The van der Waals surface area contributed by atoms with Gasteiger partial charge in [-0.15, -0.1) is 0 Å². The van der Waals surface area contributed by atoms with E-state index in [2.05, 4.69) is 9.97 Å². The van der Waals surface area contributed by atoms with Crippen LogP contribution in [0.25, 0.3) is 16.6 Å². The fraction of sp³-hybridized carbons (Fsp3) is 0.105. The molecule has 0 aliphatic rings. The molecule has 0 bridgehead atoms. The number of para-hydroxylation sites is 2. The fourth-order valence-electron chi connectivity index (χ4n) is 2.41. The second-order valence-corrected chi connectivity index (χ2v) is 5.50. The van der Waals surface area contributed by atoms with Gasteiger partial charge in [-0.3, -0.25) is 0 Å². The average Bonchev–Trinajstić information content (AvgIpc) is 3.06. The van der Waals surface area contributed by atoms with Crippen LogP contribution in [-0.4, -0.2) is 27.1 Å². The highest BCUT2D eigenvalue weighted by Gasteiger charge is 2.23. The zero-order chi connectivity index (χ0) is 18.7. The third-order valence-corrected chi connectivity index (χ3v) is 3.76. The molecule has 7 heteroatoms. The largest absolute Gasteiger partial charge is 0.507 e. The van der Waals surface area contributed by atoms with Gasteiger partial charge in [-0.2, -0.15) is 5.26 Å². The minimum atomic E-state index is -1.16. The first-order valence-corrected chi connectivity index (χ1v) is 7.75. The van der Waals surface area contributed by atoms with Crippen LogP contribution in [0.1, 0.15) is 23.1 Å². The van der Waals surface area contributed by atoms with Gasteiger partial charge in [0.1, 0.15) is 17.5 Å². The SMILES string of the molecule is C[C@H](OC(=O)c1ccccc1F)/C(O)=C(\C#N)c1nc2ccccc2[nH]1. The first-order chi connectivity index (χ1) is 12.5. The van der Waals surface area contributed by atoms with E-state index in [4.69, 9.17) is 4.74 Å². The lowest BCUT2D eigenvalue weighted by atomic mass is 10.1. The van der Waals surface area contributed by atoms with Crippen molar-refractivity contribution in [2.45, 2.75) is 13.0 Å². The number of aromatic amines is 1.